The minimum absolute atomic E-state index is 0.0183. The zero-order chi connectivity index (χ0) is 38.7. The van der Waals surface area contributed by atoms with Gasteiger partial charge >= 0.3 is 0 Å². The number of benzene rings is 7. The summed E-state index contributed by atoms with van der Waals surface area (Å²) in [6, 6.07) is 65.0. The van der Waals surface area contributed by atoms with Crippen LogP contribution in [-0.4, -0.2) is 15.0 Å². The van der Waals surface area contributed by atoms with E-state index in [0.29, 0.717) is 29.3 Å². The molecule has 0 radical (unpaired) electrons. The van der Waals surface area contributed by atoms with Crippen LogP contribution < -0.4 is 0 Å². The fourth-order valence-corrected chi connectivity index (χ4v) is 13.2. The molecular weight excluding hydrogens is 715 g/mol. The lowest BCUT2D eigenvalue weighted by molar-refractivity contribution is -0.0440. The lowest BCUT2D eigenvalue weighted by atomic mass is 9.38. The van der Waals surface area contributed by atoms with Crippen molar-refractivity contribution in [3.8, 4) is 56.4 Å². The number of fused-ring (bicyclic) bond motifs is 9. The predicted octanol–water partition coefficient (Wildman–Crippen LogP) is 13.0. The van der Waals surface area contributed by atoms with E-state index >= 15 is 0 Å². The van der Waals surface area contributed by atoms with Gasteiger partial charge < -0.3 is 0 Å². The van der Waals surface area contributed by atoms with Crippen molar-refractivity contribution in [3.63, 3.8) is 0 Å². The van der Waals surface area contributed by atoms with Gasteiger partial charge in [0, 0.05) is 22.1 Å². The summed E-state index contributed by atoms with van der Waals surface area (Å²) < 4.78 is 0. The molecule has 3 nitrogen and oxygen atoms in total. The van der Waals surface area contributed by atoms with Crippen molar-refractivity contribution in [2.45, 2.75) is 42.9 Å². The Bertz CT molecular complexity index is 2880. The molecule has 3 heteroatoms. The van der Waals surface area contributed by atoms with Gasteiger partial charge in [0.2, 0.25) is 0 Å². The molecule has 0 saturated heterocycles. The van der Waals surface area contributed by atoms with Crippen molar-refractivity contribution in [1.82, 2.24) is 15.0 Å². The molecule has 7 aromatic carbocycles. The first-order chi connectivity index (χ1) is 29.2. The maximum absolute atomic E-state index is 5.35. The van der Waals surface area contributed by atoms with Gasteiger partial charge in [-0.2, -0.15) is 0 Å². The molecule has 4 saturated carbocycles. The average molecular weight is 758 g/mol. The molecule has 1 heterocycles. The molecular formula is C56H43N3. The lowest BCUT2D eigenvalue weighted by Gasteiger charge is -2.65. The predicted molar refractivity (Wildman–Crippen MR) is 237 cm³/mol. The fraction of sp³-hybridized carbons (Fsp3) is 0.196. The summed E-state index contributed by atoms with van der Waals surface area (Å²) in [4.78, 5) is 15.8. The number of hydrogen-bond acceptors (Lipinski definition) is 3. The Morgan fingerprint density at radius 3 is 1.32 bits per heavy atom. The Hall–Kier alpha value is -6.45. The molecule has 0 N–H and O–H groups in total. The molecule has 282 valence electrons. The second-order valence-corrected chi connectivity index (χ2v) is 17.9. The second kappa shape index (κ2) is 12.5. The van der Waals surface area contributed by atoms with E-state index in [4.69, 9.17) is 15.0 Å². The number of aromatic nitrogens is 3. The largest absolute Gasteiger partial charge is 0.208 e. The molecule has 6 aliphatic carbocycles. The minimum Gasteiger partial charge on any atom is -0.208 e. The van der Waals surface area contributed by atoms with E-state index in [-0.39, 0.29) is 5.41 Å². The summed E-state index contributed by atoms with van der Waals surface area (Å²) in [6.45, 7) is 0. The molecule has 4 fully saturated rings. The Morgan fingerprint density at radius 1 is 0.322 bits per heavy atom. The summed E-state index contributed by atoms with van der Waals surface area (Å²) in [5.41, 5.74) is 16.3. The zero-order valence-corrected chi connectivity index (χ0v) is 32.9. The van der Waals surface area contributed by atoms with Crippen LogP contribution in [0.4, 0.5) is 0 Å². The standard InChI is InChI=1S/C56H43N3/c1-3-13-37(14-4-1)38-23-25-40(26-24-38)53-57-52(39-15-5-2-6-16-39)58-54(59-53)41-27-28-50-51(34-41)56(46-19-9-7-17-44(46)45-18-8-10-20-47(45)56)49-22-12-11-21-48(49)55(50)42-30-35-29-36(32-42)33-43(55)31-35/h1-28,34-36,42-43H,29-33H2. The average Bonchev–Trinajstić information content (AvgIpc) is 3.60. The van der Waals surface area contributed by atoms with Gasteiger partial charge in [-0.15, -0.1) is 0 Å². The molecule has 14 rings (SSSR count). The molecule has 2 spiro atoms. The van der Waals surface area contributed by atoms with Gasteiger partial charge in [-0.1, -0.05) is 170 Å². The summed E-state index contributed by atoms with van der Waals surface area (Å²) in [5, 5.41) is 0. The molecule has 0 unspecified atom stereocenters. The first kappa shape index (κ1) is 33.5. The van der Waals surface area contributed by atoms with Crippen molar-refractivity contribution < 1.29 is 0 Å². The van der Waals surface area contributed by atoms with Gasteiger partial charge in [-0.3, -0.25) is 0 Å². The van der Waals surface area contributed by atoms with Gasteiger partial charge in [0.1, 0.15) is 0 Å². The monoisotopic (exact) mass is 757 g/mol. The number of rotatable bonds is 4. The van der Waals surface area contributed by atoms with Crippen molar-refractivity contribution in [3.05, 3.63) is 209 Å². The summed E-state index contributed by atoms with van der Waals surface area (Å²) in [5.74, 6) is 5.08. The van der Waals surface area contributed by atoms with Gasteiger partial charge in [0.05, 0.1) is 5.41 Å². The SMILES string of the molecule is c1ccc(-c2ccc(-c3nc(-c4ccccc4)nc(-c4ccc5c(c4)C4(c6ccccc6-c6ccccc64)c4ccccc4C54C5CC6CC(C5)CC4C6)n3)cc2)cc1. The topological polar surface area (TPSA) is 38.7 Å². The first-order valence-corrected chi connectivity index (χ1v) is 21.6. The van der Waals surface area contributed by atoms with Crippen molar-refractivity contribution in [1.29, 1.82) is 0 Å². The van der Waals surface area contributed by atoms with Crippen LogP contribution in [0.2, 0.25) is 0 Å². The van der Waals surface area contributed by atoms with E-state index < -0.39 is 5.41 Å². The van der Waals surface area contributed by atoms with Crippen LogP contribution in [-0.2, 0) is 10.8 Å². The third-order valence-corrected chi connectivity index (χ3v) is 15.2. The second-order valence-electron chi connectivity index (χ2n) is 17.9. The zero-order valence-electron chi connectivity index (χ0n) is 32.9. The molecule has 6 aliphatic rings. The van der Waals surface area contributed by atoms with Gasteiger partial charge in [-0.05, 0) is 117 Å². The molecule has 0 atom stereocenters. The van der Waals surface area contributed by atoms with Crippen molar-refractivity contribution >= 4 is 0 Å². The van der Waals surface area contributed by atoms with E-state index in [9.17, 15) is 0 Å². The van der Waals surface area contributed by atoms with Crippen molar-refractivity contribution in [2.75, 3.05) is 0 Å². The van der Waals surface area contributed by atoms with E-state index in [2.05, 4.69) is 170 Å². The first-order valence-electron chi connectivity index (χ1n) is 21.6. The molecule has 8 aromatic rings. The molecule has 4 bridgehead atoms. The van der Waals surface area contributed by atoms with Crippen LogP contribution in [0.1, 0.15) is 65.5 Å². The Balaban J connectivity index is 1.07. The Labute approximate surface area is 345 Å². The minimum atomic E-state index is -0.472. The van der Waals surface area contributed by atoms with Gasteiger partial charge in [-0.25, -0.2) is 15.0 Å². The van der Waals surface area contributed by atoms with E-state index in [1.807, 2.05) is 6.07 Å². The highest BCUT2D eigenvalue weighted by molar-refractivity contribution is 5.89. The number of nitrogens with zero attached hydrogens (tertiary/aromatic N) is 3. The smallest absolute Gasteiger partial charge is 0.164 e. The van der Waals surface area contributed by atoms with Crippen LogP contribution in [0.5, 0.6) is 0 Å². The maximum atomic E-state index is 5.35. The van der Waals surface area contributed by atoms with Crippen LogP contribution in [0.25, 0.3) is 56.4 Å². The highest BCUT2D eigenvalue weighted by Gasteiger charge is 2.64. The molecule has 1 aromatic heterocycles. The van der Waals surface area contributed by atoms with Crippen LogP contribution in [0, 0.1) is 23.7 Å². The summed E-state index contributed by atoms with van der Waals surface area (Å²) in [7, 11) is 0. The third-order valence-electron chi connectivity index (χ3n) is 15.2. The van der Waals surface area contributed by atoms with Gasteiger partial charge in [0.25, 0.3) is 0 Å². The fourth-order valence-electron chi connectivity index (χ4n) is 13.2. The maximum Gasteiger partial charge on any atom is 0.164 e. The molecule has 0 aliphatic heterocycles. The van der Waals surface area contributed by atoms with E-state index in [0.717, 1.165) is 28.5 Å². The Morgan fingerprint density at radius 2 is 0.729 bits per heavy atom. The number of hydrogen-bond donors (Lipinski definition) is 0. The van der Waals surface area contributed by atoms with E-state index in [1.54, 1.807) is 5.56 Å². The third kappa shape index (κ3) is 4.62. The highest BCUT2D eigenvalue weighted by atomic mass is 15.0. The van der Waals surface area contributed by atoms with E-state index in [1.165, 1.54) is 82.2 Å². The van der Waals surface area contributed by atoms with Crippen LogP contribution in [0.3, 0.4) is 0 Å². The Kier molecular flexibility index (Phi) is 7.12. The summed E-state index contributed by atoms with van der Waals surface area (Å²) in [6.07, 6.45) is 6.78. The van der Waals surface area contributed by atoms with Gasteiger partial charge in [0.15, 0.2) is 17.5 Å². The highest BCUT2D eigenvalue weighted by Crippen LogP contribution is 2.71. The van der Waals surface area contributed by atoms with Crippen LogP contribution >= 0.6 is 0 Å². The normalized spacial score (nSPS) is 23.5. The van der Waals surface area contributed by atoms with Crippen LogP contribution in [0.15, 0.2) is 176 Å². The lowest BCUT2D eigenvalue weighted by Crippen LogP contribution is -2.59. The van der Waals surface area contributed by atoms with Crippen molar-refractivity contribution in [2.24, 2.45) is 23.7 Å². The quantitative estimate of drug-likeness (QED) is 0.179. The molecule has 59 heavy (non-hydrogen) atoms. The molecule has 0 amide bonds. The summed E-state index contributed by atoms with van der Waals surface area (Å²) >= 11 is 0.